The number of rotatable bonds is 8. The molecule has 0 saturated carbocycles. The third kappa shape index (κ3) is 4.58. The highest BCUT2D eigenvalue weighted by Gasteiger charge is 2.40. The number of ether oxygens (including phenoxy) is 2. The van der Waals surface area contributed by atoms with Crippen LogP contribution in [0.3, 0.4) is 0 Å². The number of dihydropyridines is 1. The van der Waals surface area contributed by atoms with Crippen molar-refractivity contribution in [2.75, 3.05) is 26.4 Å². The number of ketones is 1. The van der Waals surface area contributed by atoms with Crippen LogP contribution in [0.15, 0.2) is 71.3 Å². The van der Waals surface area contributed by atoms with Crippen molar-refractivity contribution in [3.63, 3.8) is 0 Å². The predicted molar refractivity (Wildman–Crippen MR) is 132 cm³/mol. The summed E-state index contributed by atoms with van der Waals surface area (Å²) in [7, 11) is 0. The average molecular weight is 502 g/mol. The summed E-state index contributed by atoms with van der Waals surface area (Å²) in [5.41, 5.74) is 3.73. The van der Waals surface area contributed by atoms with Crippen LogP contribution >= 0.6 is 0 Å². The van der Waals surface area contributed by atoms with Crippen molar-refractivity contribution < 1.29 is 28.7 Å². The molecule has 0 bridgehead atoms. The zero-order valence-corrected chi connectivity index (χ0v) is 20.5. The van der Waals surface area contributed by atoms with Crippen LogP contribution in [-0.2, 0) is 19.1 Å². The first-order valence-corrected chi connectivity index (χ1v) is 12.4. The van der Waals surface area contributed by atoms with Crippen molar-refractivity contribution in [1.29, 1.82) is 0 Å². The van der Waals surface area contributed by atoms with Gasteiger partial charge in [-0.05, 0) is 49.6 Å². The number of hydrogen-bond donors (Lipinski definition) is 1. The van der Waals surface area contributed by atoms with Crippen molar-refractivity contribution in [1.82, 2.24) is 15.2 Å². The Hall–Kier alpha value is -4.11. The lowest BCUT2D eigenvalue weighted by Crippen LogP contribution is -2.37. The molecule has 0 saturated heterocycles. The van der Waals surface area contributed by atoms with E-state index < -0.39 is 11.9 Å². The number of nitrogens with zero attached hydrogens (tertiary/aromatic N) is 2. The normalized spacial score (nSPS) is 19.1. The Morgan fingerprint density at radius 3 is 2.43 bits per heavy atom. The summed E-state index contributed by atoms with van der Waals surface area (Å²) in [5.74, 6) is -1.82. The van der Waals surface area contributed by atoms with E-state index in [0.29, 0.717) is 40.8 Å². The number of aromatic nitrogens is 1. The molecule has 1 aromatic carbocycles. The first-order valence-electron chi connectivity index (χ1n) is 12.4. The summed E-state index contributed by atoms with van der Waals surface area (Å²) in [6, 6.07) is 10.3. The van der Waals surface area contributed by atoms with E-state index in [0.717, 1.165) is 17.7 Å². The van der Waals surface area contributed by atoms with Crippen molar-refractivity contribution in [3.05, 3.63) is 88.0 Å². The lowest BCUT2D eigenvalue weighted by atomic mass is 9.75. The molecular weight excluding hydrogens is 474 g/mol. The number of benzene rings is 1. The maximum Gasteiger partial charge on any atom is 0.336 e. The van der Waals surface area contributed by atoms with Crippen LogP contribution in [0.2, 0.25) is 0 Å². The van der Waals surface area contributed by atoms with Gasteiger partial charge in [-0.1, -0.05) is 12.1 Å². The Labute approximate surface area is 214 Å². The quantitative estimate of drug-likeness (QED) is 0.334. The van der Waals surface area contributed by atoms with Crippen LogP contribution in [0, 0.1) is 0 Å². The number of Topliss-reactive ketones (excluding diaryl/α,β-unsaturated/α-hetero) is 1. The van der Waals surface area contributed by atoms with Crippen molar-refractivity contribution in [2.24, 2.45) is 0 Å². The van der Waals surface area contributed by atoms with Gasteiger partial charge in [-0.15, -0.1) is 0 Å². The SMILES string of the molecule is CCOC(=O)C1=C(COCCN2C(=O)c3ccccc3C2=O)NC2=C(C(=O)CCC2)C1c1ccncc1. The van der Waals surface area contributed by atoms with Crippen LogP contribution in [0.1, 0.15) is 58.4 Å². The molecule has 0 spiro atoms. The molecule has 1 unspecified atom stereocenters. The fraction of sp³-hybridized carbons (Fsp3) is 0.321. The van der Waals surface area contributed by atoms with Gasteiger partial charge >= 0.3 is 5.97 Å². The third-order valence-corrected chi connectivity index (χ3v) is 6.78. The summed E-state index contributed by atoms with van der Waals surface area (Å²) in [5, 5.41) is 3.28. The summed E-state index contributed by atoms with van der Waals surface area (Å²) in [6.45, 7) is 2.08. The number of pyridine rings is 1. The maximum atomic E-state index is 13.2. The molecule has 37 heavy (non-hydrogen) atoms. The molecule has 2 amide bonds. The highest BCUT2D eigenvalue weighted by atomic mass is 16.5. The van der Waals surface area contributed by atoms with Gasteiger partial charge in [0.05, 0.1) is 48.8 Å². The monoisotopic (exact) mass is 501 g/mol. The van der Waals surface area contributed by atoms with Gasteiger partial charge in [0.25, 0.3) is 11.8 Å². The molecule has 3 heterocycles. The number of amides is 2. The van der Waals surface area contributed by atoms with Gasteiger partial charge in [0, 0.05) is 36.0 Å². The lowest BCUT2D eigenvalue weighted by Gasteiger charge is -2.35. The zero-order chi connectivity index (χ0) is 25.9. The molecule has 0 fully saturated rings. The number of hydrogen-bond acceptors (Lipinski definition) is 8. The number of imide groups is 1. The van der Waals surface area contributed by atoms with E-state index in [9.17, 15) is 19.2 Å². The number of allylic oxidation sites excluding steroid dienone is 2. The summed E-state index contributed by atoms with van der Waals surface area (Å²) >= 11 is 0. The smallest absolute Gasteiger partial charge is 0.336 e. The Bertz CT molecular complexity index is 1300. The minimum Gasteiger partial charge on any atom is -0.463 e. The van der Waals surface area contributed by atoms with E-state index in [1.807, 2.05) is 0 Å². The van der Waals surface area contributed by atoms with Gasteiger partial charge in [-0.25, -0.2) is 4.79 Å². The number of carbonyl (C=O) groups is 4. The molecule has 1 aliphatic carbocycles. The summed E-state index contributed by atoms with van der Waals surface area (Å²) in [4.78, 5) is 56.7. The highest BCUT2D eigenvalue weighted by molar-refractivity contribution is 6.21. The van der Waals surface area contributed by atoms with Crippen LogP contribution in [0.25, 0.3) is 0 Å². The van der Waals surface area contributed by atoms with Gasteiger partial charge in [-0.3, -0.25) is 24.3 Å². The number of carbonyl (C=O) groups excluding carboxylic acids is 4. The van der Waals surface area contributed by atoms with E-state index in [4.69, 9.17) is 9.47 Å². The van der Waals surface area contributed by atoms with Gasteiger partial charge in [0.1, 0.15) is 0 Å². The van der Waals surface area contributed by atoms with Crippen LogP contribution in [-0.4, -0.2) is 59.8 Å². The Morgan fingerprint density at radius 2 is 1.76 bits per heavy atom. The number of fused-ring (bicyclic) bond motifs is 1. The minimum absolute atomic E-state index is 0.00273. The van der Waals surface area contributed by atoms with Gasteiger partial charge in [0.15, 0.2) is 5.78 Å². The molecule has 0 radical (unpaired) electrons. The second kappa shape index (κ2) is 10.5. The molecule has 1 N–H and O–H groups in total. The zero-order valence-electron chi connectivity index (χ0n) is 20.5. The Morgan fingerprint density at radius 1 is 1.05 bits per heavy atom. The Kier molecular flexibility index (Phi) is 6.96. The van der Waals surface area contributed by atoms with E-state index >= 15 is 0 Å². The second-order valence-electron chi connectivity index (χ2n) is 8.98. The van der Waals surface area contributed by atoms with Crippen molar-refractivity contribution >= 4 is 23.6 Å². The fourth-order valence-corrected chi connectivity index (χ4v) is 5.12. The molecule has 1 atom stereocenters. The van der Waals surface area contributed by atoms with Gasteiger partial charge < -0.3 is 14.8 Å². The van der Waals surface area contributed by atoms with Crippen LogP contribution in [0.5, 0.6) is 0 Å². The van der Waals surface area contributed by atoms with Crippen molar-refractivity contribution in [3.8, 4) is 0 Å². The van der Waals surface area contributed by atoms with E-state index in [1.165, 1.54) is 4.90 Å². The van der Waals surface area contributed by atoms with Gasteiger partial charge in [-0.2, -0.15) is 0 Å². The van der Waals surface area contributed by atoms with E-state index in [-0.39, 0.29) is 44.0 Å². The van der Waals surface area contributed by atoms with E-state index in [2.05, 4.69) is 10.3 Å². The molecule has 5 rings (SSSR count). The van der Waals surface area contributed by atoms with Crippen LogP contribution < -0.4 is 5.32 Å². The van der Waals surface area contributed by atoms with Gasteiger partial charge in [0.2, 0.25) is 0 Å². The predicted octanol–water partition coefficient (Wildman–Crippen LogP) is 2.91. The molecule has 3 aliphatic rings. The number of nitrogens with one attached hydrogen (secondary N) is 1. The number of esters is 1. The largest absolute Gasteiger partial charge is 0.463 e. The molecule has 2 aliphatic heterocycles. The fourth-order valence-electron chi connectivity index (χ4n) is 5.12. The molecule has 1 aromatic heterocycles. The Balaban J connectivity index is 1.38. The van der Waals surface area contributed by atoms with Crippen LogP contribution in [0.4, 0.5) is 0 Å². The molecule has 9 nitrogen and oxygen atoms in total. The highest BCUT2D eigenvalue weighted by Crippen LogP contribution is 2.42. The topological polar surface area (TPSA) is 115 Å². The standard InChI is InChI=1S/C28H27N3O6/c1-2-37-28(35)25-21(16-36-15-14-31-26(33)18-6-3-4-7-19(18)27(31)34)30-20-8-5-9-22(32)24(20)23(25)17-10-12-29-13-11-17/h3-4,6-7,10-13,23,30H,2,5,8-9,14-16H2,1H3. The maximum absolute atomic E-state index is 13.2. The molecular formula is C28H27N3O6. The summed E-state index contributed by atoms with van der Waals surface area (Å²) in [6.07, 6.45) is 5.08. The first-order chi connectivity index (χ1) is 18.0. The molecule has 9 heteroatoms. The molecule has 190 valence electrons. The molecule has 2 aromatic rings. The second-order valence-corrected chi connectivity index (χ2v) is 8.98. The lowest BCUT2D eigenvalue weighted by molar-refractivity contribution is -0.139. The first kappa shape index (κ1) is 24.6. The third-order valence-electron chi connectivity index (χ3n) is 6.78. The summed E-state index contributed by atoms with van der Waals surface area (Å²) < 4.78 is 11.3. The van der Waals surface area contributed by atoms with E-state index in [1.54, 1.807) is 55.7 Å². The minimum atomic E-state index is -0.596. The van der Waals surface area contributed by atoms with Crippen molar-refractivity contribution in [2.45, 2.75) is 32.1 Å². The average Bonchev–Trinajstić information content (AvgIpc) is 3.16.